The molecule has 3 nitrogen and oxygen atoms in total. The van der Waals surface area contributed by atoms with Crippen LogP contribution >= 0.6 is 0 Å². The summed E-state index contributed by atoms with van der Waals surface area (Å²) in [5.74, 6) is 1.64. The van der Waals surface area contributed by atoms with E-state index in [2.05, 4.69) is 5.32 Å². The van der Waals surface area contributed by atoms with Crippen LogP contribution in [-0.4, -0.2) is 19.2 Å². The van der Waals surface area contributed by atoms with Crippen molar-refractivity contribution in [2.45, 2.75) is 25.1 Å². The molecule has 2 aromatic carbocycles. The molecule has 1 aliphatic heterocycles. The molecule has 0 aromatic heterocycles. The Balaban J connectivity index is 1.55. The summed E-state index contributed by atoms with van der Waals surface area (Å²) >= 11 is 0. The second kappa shape index (κ2) is 7.13. The Morgan fingerprint density at radius 3 is 2.04 bits per heavy atom. The number of ether oxygens (including phenoxy) is 2. The minimum atomic E-state index is -4.34. The highest BCUT2D eigenvalue weighted by molar-refractivity contribution is 5.36. The maximum absolute atomic E-state index is 12.5. The van der Waals surface area contributed by atoms with Crippen molar-refractivity contribution in [2.24, 2.45) is 0 Å². The predicted molar refractivity (Wildman–Crippen MR) is 84.5 cm³/mol. The van der Waals surface area contributed by atoms with Crippen molar-refractivity contribution in [3.05, 3.63) is 54.1 Å². The van der Waals surface area contributed by atoms with Gasteiger partial charge in [-0.3, -0.25) is 0 Å². The lowest BCUT2D eigenvalue weighted by Crippen LogP contribution is -2.28. The van der Waals surface area contributed by atoms with E-state index in [9.17, 15) is 13.2 Å². The van der Waals surface area contributed by atoms with Gasteiger partial charge in [-0.2, -0.15) is 13.2 Å². The van der Waals surface area contributed by atoms with E-state index < -0.39 is 11.7 Å². The third kappa shape index (κ3) is 4.41. The standard InChI is InChI=1S/C18H18F3NO2/c19-18(20,21)13-3-5-16(6-4-13)24-17-9-7-15(8-10-17)23-12-14-2-1-11-22-14/h3-10,14,22H,1-2,11-12H2. The second-order valence-corrected chi connectivity index (χ2v) is 5.70. The zero-order chi connectivity index (χ0) is 17.0. The average Bonchev–Trinajstić information content (AvgIpc) is 3.07. The molecule has 6 heteroatoms. The van der Waals surface area contributed by atoms with Crippen molar-refractivity contribution < 1.29 is 22.6 Å². The van der Waals surface area contributed by atoms with Gasteiger partial charge in [-0.25, -0.2) is 0 Å². The summed E-state index contributed by atoms with van der Waals surface area (Å²) in [5.41, 5.74) is -0.695. The fourth-order valence-corrected chi connectivity index (χ4v) is 2.55. The van der Waals surface area contributed by atoms with Crippen LogP contribution in [0.3, 0.4) is 0 Å². The van der Waals surface area contributed by atoms with Gasteiger partial charge in [-0.1, -0.05) is 0 Å². The molecule has 1 fully saturated rings. The Morgan fingerprint density at radius 2 is 1.50 bits per heavy atom. The van der Waals surface area contributed by atoms with Crippen LogP contribution in [0.4, 0.5) is 13.2 Å². The Bertz CT molecular complexity index is 647. The third-order valence-corrected chi connectivity index (χ3v) is 3.85. The van der Waals surface area contributed by atoms with Gasteiger partial charge in [0.2, 0.25) is 0 Å². The summed E-state index contributed by atoms with van der Waals surface area (Å²) in [6.45, 7) is 1.66. The normalized spacial score (nSPS) is 17.7. The van der Waals surface area contributed by atoms with Crippen molar-refractivity contribution in [3.63, 3.8) is 0 Å². The predicted octanol–water partition coefficient (Wildman–Crippen LogP) is 4.63. The number of nitrogens with one attached hydrogen (secondary N) is 1. The van der Waals surface area contributed by atoms with Crippen molar-refractivity contribution in [3.8, 4) is 17.2 Å². The maximum atomic E-state index is 12.5. The number of hydrogen-bond acceptors (Lipinski definition) is 3. The monoisotopic (exact) mass is 337 g/mol. The highest BCUT2D eigenvalue weighted by atomic mass is 19.4. The molecule has 1 aliphatic rings. The number of rotatable bonds is 5. The van der Waals surface area contributed by atoms with E-state index in [1.807, 2.05) is 0 Å². The highest BCUT2D eigenvalue weighted by Gasteiger charge is 2.30. The van der Waals surface area contributed by atoms with Gasteiger partial charge in [0.1, 0.15) is 23.9 Å². The van der Waals surface area contributed by atoms with Gasteiger partial charge in [-0.15, -0.1) is 0 Å². The lowest BCUT2D eigenvalue weighted by atomic mass is 10.2. The summed E-state index contributed by atoms with van der Waals surface area (Å²) in [6, 6.07) is 12.0. The quantitative estimate of drug-likeness (QED) is 0.863. The Hall–Kier alpha value is -2.21. The first kappa shape index (κ1) is 16.6. The average molecular weight is 337 g/mol. The minimum Gasteiger partial charge on any atom is -0.492 e. The maximum Gasteiger partial charge on any atom is 0.416 e. The molecule has 0 saturated carbocycles. The molecular weight excluding hydrogens is 319 g/mol. The van der Waals surface area contributed by atoms with E-state index in [1.165, 1.54) is 18.6 Å². The van der Waals surface area contributed by atoms with Gasteiger partial charge in [0.25, 0.3) is 0 Å². The summed E-state index contributed by atoms with van der Waals surface area (Å²) in [4.78, 5) is 0. The molecule has 1 heterocycles. The minimum absolute atomic E-state index is 0.354. The van der Waals surface area contributed by atoms with Crippen LogP contribution in [-0.2, 0) is 6.18 Å². The number of halogens is 3. The van der Waals surface area contributed by atoms with E-state index in [0.717, 1.165) is 30.8 Å². The molecule has 0 aliphatic carbocycles. The van der Waals surface area contributed by atoms with Crippen LogP contribution in [0.1, 0.15) is 18.4 Å². The van der Waals surface area contributed by atoms with Gasteiger partial charge in [0, 0.05) is 6.04 Å². The van der Waals surface area contributed by atoms with Crippen LogP contribution in [0.2, 0.25) is 0 Å². The molecule has 1 saturated heterocycles. The number of hydrogen-bond donors (Lipinski definition) is 1. The van der Waals surface area contributed by atoms with Crippen molar-refractivity contribution in [1.29, 1.82) is 0 Å². The molecule has 2 aromatic rings. The molecule has 0 spiro atoms. The highest BCUT2D eigenvalue weighted by Crippen LogP contribution is 2.31. The summed E-state index contributed by atoms with van der Waals surface area (Å²) in [6.07, 6.45) is -2.05. The molecule has 1 N–H and O–H groups in total. The topological polar surface area (TPSA) is 30.5 Å². The van der Waals surface area contributed by atoms with E-state index in [1.54, 1.807) is 24.3 Å². The lowest BCUT2D eigenvalue weighted by Gasteiger charge is -2.13. The zero-order valence-corrected chi connectivity index (χ0v) is 13.0. The SMILES string of the molecule is FC(F)(F)c1ccc(Oc2ccc(OCC3CCCN3)cc2)cc1. The van der Waals surface area contributed by atoms with Gasteiger partial charge < -0.3 is 14.8 Å². The smallest absolute Gasteiger partial charge is 0.416 e. The van der Waals surface area contributed by atoms with E-state index >= 15 is 0 Å². The van der Waals surface area contributed by atoms with Crippen LogP contribution in [0.15, 0.2) is 48.5 Å². The molecular formula is C18H18F3NO2. The Labute approximate surface area is 138 Å². The van der Waals surface area contributed by atoms with Crippen LogP contribution in [0, 0.1) is 0 Å². The summed E-state index contributed by atoms with van der Waals surface area (Å²) < 4.78 is 48.8. The van der Waals surface area contributed by atoms with Crippen molar-refractivity contribution >= 4 is 0 Å². The molecule has 0 bridgehead atoms. The Morgan fingerprint density at radius 1 is 0.917 bits per heavy atom. The first-order valence-electron chi connectivity index (χ1n) is 7.82. The van der Waals surface area contributed by atoms with Crippen LogP contribution in [0.5, 0.6) is 17.2 Å². The molecule has 128 valence electrons. The number of benzene rings is 2. The van der Waals surface area contributed by atoms with Gasteiger partial charge in [-0.05, 0) is 67.9 Å². The van der Waals surface area contributed by atoms with Crippen molar-refractivity contribution in [1.82, 2.24) is 5.32 Å². The molecule has 0 radical (unpaired) electrons. The molecule has 1 unspecified atom stereocenters. The fourth-order valence-electron chi connectivity index (χ4n) is 2.55. The first-order valence-corrected chi connectivity index (χ1v) is 7.82. The van der Waals surface area contributed by atoms with Crippen molar-refractivity contribution in [2.75, 3.05) is 13.2 Å². The van der Waals surface area contributed by atoms with Crippen LogP contribution in [0.25, 0.3) is 0 Å². The molecule has 3 rings (SSSR count). The van der Waals surface area contributed by atoms with Gasteiger partial charge in [0.05, 0.1) is 5.56 Å². The lowest BCUT2D eigenvalue weighted by molar-refractivity contribution is -0.137. The Kier molecular flexibility index (Phi) is 4.94. The summed E-state index contributed by atoms with van der Waals surface area (Å²) in [5, 5.41) is 3.36. The van der Waals surface area contributed by atoms with Gasteiger partial charge >= 0.3 is 6.18 Å². The zero-order valence-electron chi connectivity index (χ0n) is 13.0. The fraction of sp³-hybridized carbons (Fsp3) is 0.333. The summed E-state index contributed by atoms with van der Waals surface area (Å²) in [7, 11) is 0. The largest absolute Gasteiger partial charge is 0.492 e. The molecule has 1 atom stereocenters. The molecule has 0 amide bonds. The first-order chi connectivity index (χ1) is 11.5. The number of alkyl halides is 3. The van der Waals surface area contributed by atoms with E-state index in [-0.39, 0.29) is 0 Å². The third-order valence-electron chi connectivity index (χ3n) is 3.85. The van der Waals surface area contributed by atoms with E-state index in [0.29, 0.717) is 24.1 Å². The molecule has 24 heavy (non-hydrogen) atoms. The van der Waals surface area contributed by atoms with Gasteiger partial charge in [0.15, 0.2) is 0 Å². The van der Waals surface area contributed by atoms with E-state index in [4.69, 9.17) is 9.47 Å². The second-order valence-electron chi connectivity index (χ2n) is 5.70. The van der Waals surface area contributed by atoms with Crippen LogP contribution < -0.4 is 14.8 Å².